The third-order valence-electron chi connectivity index (χ3n) is 6.91. The van der Waals surface area contributed by atoms with Crippen LogP contribution in [0.4, 0.5) is 5.82 Å². The zero-order valence-electron chi connectivity index (χ0n) is 18.3. The van der Waals surface area contributed by atoms with Crippen LogP contribution >= 0.6 is 0 Å². The van der Waals surface area contributed by atoms with Crippen LogP contribution in [0, 0.1) is 6.92 Å². The predicted molar refractivity (Wildman–Crippen MR) is 123 cm³/mol. The molecule has 168 valence electrons. The van der Waals surface area contributed by atoms with Crippen LogP contribution in [0.25, 0.3) is 10.9 Å². The normalized spacial score (nSPS) is 24.2. The van der Waals surface area contributed by atoms with Crippen molar-refractivity contribution < 1.29 is 9.90 Å². The van der Waals surface area contributed by atoms with Crippen molar-refractivity contribution in [3.63, 3.8) is 0 Å². The summed E-state index contributed by atoms with van der Waals surface area (Å²) in [5, 5.41) is 25.5. The number of amides is 1. The lowest BCUT2D eigenvalue weighted by Gasteiger charge is -2.48. The molecule has 8 heteroatoms. The minimum absolute atomic E-state index is 0.0203. The molecule has 3 aromatic rings. The van der Waals surface area contributed by atoms with E-state index >= 15 is 0 Å². The zero-order chi connectivity index (χ0) is 22.1. The number of hydrogen-bond donors (Lipinski definition) is 4. The summed E-state index contributed by atoms with van der Waals surface area (Å²) < 4.78 is 0. The molecule has 5 rings (SSSR count). The first kappa shape index (κ1) is 20.9. The van der Waals surface area contributed by atoms with Crippen molar-refractivity contribution in [2.24, 2.45) is 0 Å². The van der Waals surface area contributed by atoms with Crippen molar-refractivity contribution in [3.8, 4) is 0 Å². The van der Waals surface area contributed by atoms with Crippen molar-refractivity contribution in [1.29, 1.82) is 0 Å². The number of hydrogen-bond acceptors (Lipinski definition) is 6. The first-order chi connectivity index (χ1) is 15.5. The second-order valence-electron chi connectivity index (χ2n) is 9.20. The quantitative estimate of drug-likeness (QED) is 0.474. The van der Waals surface area contributed by atoms with Gasteiger partial charge in [-0.3, -0.25) is 19.8 Å². The number of H-pyrrole nitrogens is 1. The lowest BCUT2D eigenvalue weighted by atomic mass is 9.77. The van der Waals surface area contributed by atoms with Gasteiger partial charge in [-0.25, -0.2) is 0 Å². The summed E-state index contributed by atoms with van der Waals surface area (Å²) in [5.41, 5.74) is 2.27. The third-order valence-corrected chi connectivity index (χ3v) is 6.91. The van der Waals surface area contributed by atoms with E-state index in [-0.39, 0.29) is 18.5 Å². The number of nitrogens with one attached hydrogen (secondary N) is 3. The molecule has 1 aliphatic heterocycles. The summed E-state index contributed by atoms with van der Waals surface area (Å²) in [4.78, 5) is 19.0. The Morgan fingerprint density at radius 2 is 2.09 bits per heavy atom. The Labute approximate surface area is 187 Å². The Morgan fingerprint density at radius 1 is 1.28 bits per heavy atom. The van der Waals surface area contributed by atoms with Crippen LogP contribution in [-0.2, 0) is 10.4 Å². The van der Waals surface area contributed by atoms with Gasteiger partial charge in [-0.05, 0) is 50.8 Å². The summed E-state index contributed by atoms with van der Waals surface area (Å²) in [6, 6.07) is 10.6. The molecule has 1 aliphatic carbocycles. The zero-order valence-corrected chi connectivity index (χ0v) is 18.3. The number of aryl methyl sites for hydroxylation is 1. The number of nitrogens with zero attached hydrogens (tertiary/aromatic N) is 3. The average molecular weight is 435 g/mol. The number of fused-ring (bicyclic) bond motifs is 1. The minimum Gasteiger partial charge on any atom is -0.385 e. The molecule has 2 aromatic heterocycles. The van der Waals surface area contributed by atoms with Crippen LogP contribution in [-0.4, -0.2) is 62.8 Å². The largest absolute Gasteiger partial charge is 0.385 e. The molecule has 1 aromatic carbocycles. The van der Waals surface area contributed by atoms with Gasteiger partial charge >= 0.3 is 0 Å². The molecule has 0 spiro atoms. The summed E-state index contributed by atoms with van der Waals surface area (Å²) in [7, 11) is 0. The highest BCUT2D eigenvalue weighted by Crippen LogP contribution is 2.39. The Kier molecular flexibility index (Phi) is 5.57. The van der Waals surface area contributed by atoms with Crippen molar-refractivity contribution in [1.82, 2.24) is 25.4 Å². The van der Waals surface area contributed by atoms with Gasteiger partial charge in [-0.2, -0.15) is 5.10 Å². The Balaban J connectivity index is 1.06. The van der Waals surface area contributed by atoms with Gasteiger partial charge in [-0.1, -0.05) is 17.7 Å². The second kappa shape index (κ2) is 8.52. The molecule has 3 heterocycles. The Morgan fingerprint density at radius 3 is 2.84 bits per heavy atom. The highest BCUT2D eigenvalue weighted by molar-refractivity contribution is 5.92. The van der Waals surface area contributed by atoms with Crippen molar-refractivity contribution in [2.75, 3.05) is 25.0 Å². The van der Waals surface area contributed by atoms with Gasteiger partial charge in [0, 0.05) is 42.5 Å². The number of rotatable bonds is 6. The van der Waals surface area contributed by atoms with Gasteiger partial charge in [0.05, 0.1) is 23.7 Å². The molecule has 1 saturated heterocycles. The Bertz CT molecular complexity index is 1080. The molecule has 0 atom stereocenters. The van der Waals surface area contributed by atoms with Gasteiger partial charge in [0.25, 0.3) is 0 Å². The number of anilines is 1. The van der Waals surface area contributed by atoms with E-state index < -0.39 is 5.60 Å². The van der Waals surface area contributed by atoms with Gasteiger partial charge in [0.15, 0.2) is 5.82 Å². The van der Waals surface area contributed by atoms with Gasteiger partial charge < -0.3 is 15.7 Å². The number of aromatic amines is 1. The number of carbonyl (C=O) groups is 1. The molecular weight excluding hydrogens is 404 g/mol. The molecule has 0 unspecified atom stereocenters. The minimum atomic E-state index is -0.760. The first-order valence-corrected chi connectivity index (χ1v) is 11.3. The highest BCUT2D eigenvalue weighted by atomic mass is 16.3. The third kappa shape index (κ3) is 4.20. The van der Waals surface area contributed by atoms with Crippen LogP contribution in [0.5, 0.6) is 0 Å². The highest BCUT2D eigenvalue weighted by Gasteiger charge is 2.40. The summed E-state index contributed by atoms with van der Waals surface area (Å²) in [6.45, 7) is 3.97. The first-order valence-electron chi connectivity index (χ1n) is 11.3. The molecule has 1 saturated carbocycles. The van der Waals surface area contributed by atoms with E-state index in [2.05, 4.69) is 36.8 Å². The van der Waals surface area contributed by atoms with E-state index in [0.717, 1.165) is 60.8 Å². The van der Waals surface area contributed by atoms with Crippen LogP contribution in [0.3, 0.4) is 0 Å². The van der Waals surface area contributed by atoms with Gasteiger partial charge in [0.2, 0.25) is 5.91 Å². The molecule has 0 radical (unpaired) electrons. The SMILES string of the molecule is Cc1ccc2[nH]nc(NCC(=O)NC3CN(C4CCC(O)(c5cccnc5)CC4)C3)c2c1. The Hall–Kier alpha value is -2.97. The average Bonchev–Trinajstić information content (AvgIpc) is 3.18. The molecule has 32 heavy (non-hydrogen) atoms. The maximum atomic E-state index is 12.4. The van der Waals surface area contributed by atoms with Crippen LogP contribution in [0.15, 0.2) is 42.7 Å². The van der Waals surface area contributed by atoms with Crippen molar-refractivity contribution in [3.05, 3.63) is 53.9 Å². The fourth-order valence-electron chi connectivity index (χ4n) is 4.98. The standard InChI is InChI=1S/C24H30N6O2/c1-16-4-5-21-20(11-16)23(29-28-21)26-13-22(31)27-18-14-30(15-18)19-6-8-24(32,9-7-19)17-3-2-10-25-12-17/h2-5,10-12,18-19,32H,6-9,13-15H2,1H3,(H,27,31)(H2,26,28,29). The number of aliphatic hydroxyl groups is 1. The molecular formula is C24H30N6O2. The second-order valence-corrected chi connectivity index (χ2v) is 9.20. The lowest BCUT2D eigenvalue weighted by molar-refractivity contribution is -0.121. The number of carbonyl (C=O) groups excluding carboxylic acids is 1. The number of likely N-dealkylation sites (tertiary alicyclic amines) is 1. The number of pyridine rings is 1. The summed E-state index contributed by atoms with van der Waals surface area (Å²) in [6.07, 6.45) is 6.92. The summed E-state index contributed by atoms with van der Waals surface area (Å²) >= 11 is 0. The fourth-order valence-corrected chi connectivity index (χ4v) is 4.98. The maximum Gasteiger partial charge on any atom is 0.239 e. The van der Waals surface area contributed by atoms with E-state index in [1.807, 2.05) is 31.2 Å². The van der Waals surface area contributed by atoms with Crippen molar-refractivity contribution in [2.45, 2.75) is 50.3 Å². The molecule has 1 amide bonds. The van der Waals surface area contributed by atoms with E-state index in [9.17, 15) is 9.90 Å². The lowest BCUT2D eigenvalue weighted by Crippen LogP contribution is -2.63. The maximum absolute atomic E-state index is 12.4. The predicted octanol–water partition coefficient (Wildman–Crippen LogP) is 2.31. The van der Waals surface area contributed by atoms with Gasteiger partial charge in [0.1, 0.15) is 0 Å². The van der Waals surface area contributed by atoms with E-state index in [1.165, 1.54) is 0 Å². The van der Waals surface area contributed by atoms with E-state index in [4.69, 9.17) is 0 Å². The van der Waals surface area contributed by atoms with Crippen molar-refractivity contribution >= 4 is 22.6 Å². The molecule has 2 fully saturated rings. The molecule has 0 bridgehead atoms. The number of benzene rings is 1. The van der Waals surface area contributed by atoms with Crippen LogP contribution < -0.4 is 10.6 Å². The van der Waals surface area contributed by atoms with Crippen LogP contribution in [0.1, 0.15) is 36.8 Å². The fraction of sp³-hybridized carbons (Fsp3) is 0.458. The molecule has 4 N–H and O–H groups in total. The molecule has 8 nitrogen and oxygen atoms in total. The van der Waals surface area contributed by atoms with E-state index in [1.54, 1.807) is 12.4 Å². The van der Waals surface area contributed by atoms with Gasteiger partial charge in [-0.15, -0.1) is 0 Å². The topological polar surface area (TPSA) is 106 Å². The smallest absolute Gasteiger partial charge is 0.239 e. The monoisotopic (exact) mass is 434 g/mol. The summed E-state index contributed by atoms with van der Waals surface area (Å²) in [5.74, 6) is 0.686. The van der Waals surface area contributed by atoms with Crippen LogP contribution in [0.2, 0.25) is 0 Å². The van der Waals surface area contributed by atoms with E-state index in [0.29, 0.717) is 11.9 Å². The number of aromatic nitrogens is 3. The molecule has 2 aliphatic rings.